The second kappa shape index (κ2) is 6.18. The molecular formula is C16H18ClNO2S. The minimum absolute atomic E-state index is 0.0713. The smallest absolute Gasteiger partial charge is 0.169 e. The van der Waals surface area contributed by atoms with Crippen LogP contribution in [0.25, 0.3) is 10.4 Å². The fourth-order valence-corrected chi connectivity index (χ4v) is 2.88. The third kappa shape index (κ3) is 3.84. The normalized spacial score (nSPS) is 11.5. The Labute approximate surface area is 133 Å². The number of ketones is 1. The van der Waals surface area contributed by atoms with Crippen LogP contribution in [-0.2, 0) is 0 Å². The topological polar surface area (TPSA) is 52.3 Å². The summed E-state index contributed by atoms with van der Waals surface area (Å²) in [5.41, 5.74) is 6.16. The number of hydrogen-bond donors (Lipinski definition) is 1. The standard InChI is InChI=1S/C16H18ClNO2S/c1-10(19)14-6-7-15(21-14)11-4-5-13(12(17)8-11)20-16(2,3)9-18/h4-8H,9,18H2,1-3H3. The van der Waals surface area contributed by atoms with Crippen LogP contribution in [0.2, 0.25) is 5.02 Å². The van der Waals surface area contributed by atoms with Crippen LogP contribution in [-0.4, -0.2) is 17.9 Å². The monoisotopic (exact) mass is 323 g/mol. The predicted molar refractivity (Wildman–Crippen MR) is 88.5 cm³/mol. The summed E-state index contributed by atoms with van der Waals surface area (Å²) in [5, 5.41) is 0.534. The number of thiophene rings is 1. The van der Waals surface area contributed by atoms with Crippen LogP contribution in [0.15, 0.2) is 30.3 Å². The number of carbonyl (C=O) groups excluding carboxylic acids is 1. The number of Topliss-reactive ketones (excluding diaryl/α,β-unsaturated/α-hetero) is 1. The molecule has 0 aliphatic carbocycles. The number of ether oxygens (including phenoxy) is 1. The molecule has 1 heterocycles. The Morgan fingerprint density at radius 3 is 2.57 bits per heavy atom. The number of rotatable bonds is 5. The molecule has 5 heteroatoms. The first-order valence-electron chi connectivity index (χ1n) is 6.62. The molecule has 0 saturated carbocycles. The molecule has 1 aromatic heterocycles. The van der Waals surface area contributed by atoms with Gasteiger partial charge in [0.1, 0.15) is 11.4 Å². The van der Waals surface area contributed by atoms with E-state index in [1.54, 1.807) is 6.92 Å². The highest BCUT2D eigenvalue weighted by atomic mass is 35.5. The van der Waals surface area contributed by atoms with E-state index in [9.17, 15) is 4.79 Å². The van der Waals surface area contributed by atoms with Gasteiger partial charge in [-0.05, 0) is 56.7 Å². The predicted octanol–water partition coefficient (Wildman–Crippen LogP) is 4.39. The summed E-state index contributed by atoms with van der Waals surface area (Å²) in [5.74, 6) is 0.682. The number of nitrogens with two attached hydrogens (primary N) is 1. The van der Waals surface area contributed by atoms with Gasteiger partial charge in [-0.1, -0.05) is 11.6 Å². The van der Waals surface area contributed by atoms with Crippen molar-refractivity contribution in [3.63, 3.8) is 0 Å². The summed E-state index contributed by atoms with van der Waals surface area (Å²) in [6, 6.07) is 9.38. The Morgan fingerprint density at radius 2 is 2.05 bits per heavy atom. The van der Waals surface area contributed by atoms with Crippen molar-refractivity contribution in [2.45, 2.75) is 26.4 Å². The SMILES string of the molecule is CC(=O)c1ccc(-c2ccc(OC(C)(C)CN)c(Cl)c2)s1. The van der Waals surface area contributed by atoms with Gasteiger partial charge in [0.05, 0.1) is 9.90 Å². The average Bonchev–Trinajstić information content (AvgIpc) is 2.91. The first-order valence-corrected chi connectivity index (χ1v) is 7.81. The lowest BCUT2D eigenvalue weighted by Crippen LogP contribution is -2.37. The first kappa shape index (κ1) is 16.0. The van der Waals surface area contributed by atoms with E-state index in [0.29, 0.717) is 17.3 Å². The van der Waals surface area contributed by atoms with Crippen molar-refractivity contribution in [1.29, 1.82) is 0 Å². The van der Waals surface area contributed by atoms with Crippen molar-refractivity contribution >= 4 is 28.7 Å². The molecule has 3 nitrogen and oxygen atoms in total. The van der Waals surface area contributed by atoms with Gasteiger partial charge >= 0.3 is 0 Å². The van der Waals surface area contributed by atoms with Gasteiger partial charge in [0, 0.05) is 11.4 Å². The van der Waals surface area contributed by atoms with Crippen molar-refractivity contribution in [3.8, 4) is 16.2 Å². The van der Waals surface area contributed by atoms with Crippen molar-refractivity contribution in [2.24, 2.45) is 5.73 Å². The highest BCUT2D eigenvalue weighted by Crippen LogP contribution is 2.35. The zero-order valence-electron chi connectivity index (χ0n) is 12.3. The molecule has 0 fully saturated rings. The van der Waals surface area contributed by atoms with Crippen LogP contribution in [0, 0.1) is 0 Å². The third-order valence-electron chi connectivity index (χ3n) is 3.05. The lowest BCUT2D eigenvalue weighted by molar-refractivity contribution is 0.102. The molecule has 2 rings (SSSR count). The minimum atomic E-state index is -0.462. The molecule has 0 bridgehead atoms. The summed E-state index contributed by atoms with van der Waals surface area (Å²) < 4.78 is 5.81. The molecule has 0 unspecified atom stereocenters. The van der Waals surface area contributed by atoms with E-state index in [1.807, 2.05) is 44.2 Å². The summed E-state index contributed by atoms with van der Waals surface area (Å²) in [7, 11) is 0. The molecule has 0 amide bonds. The van der Waals surface area contributed by atoms with Gasteiger partial charge in [0.15, 0.2) is 5.78 Å². The second-order valence-electron chi connectivity index (χ2n) is 5.43. The molecule has 0 aliphatic heterocycles. The number of hydrogen-bond acceptors (Lipinski definition) is 4. The Morgan fingerprint density at radius 1 is 1.33 bits per heavy atom. The number of benzene rings is 1. The molecule has 21 heavy (non-hydrogen) atoms. The minimum Gasteiger partial charge on any atom is -0.485 e. The third-order valence-corrected chi connectivity index (χ3v) is 4.58. The largest absolute Gasteiger partial charge is 0.485 e. The Kier molecular flexibility index (Phi) is 4.71. The van der Waals surface area contributed by atoms with E-state index in [1.165, 1.54) is 11.3 Å². The maximum atomic E-state index is 11.4. The Hall–Kier alpha value is -1.36. The maximum Gasteiger partial charge on any atom is 0.169 e. The van der Waals surface area contributed by atoms with Crippen LogP contribution in [0.5, 0.6) is 5.75 Å². The van der Waals surface area contributed by atoms with E-state index in [2.05, 4.69) is 0 Å². The van der Waals surface area contributed by atoms with Crippen LogP contribution in [0.1, 0.15) is 30.4 Å². The van der Waals surface area contributed by atoms with Crippen molar-refractivity contribution in [2.75, 3.05) is 6.54 Å². The summed E-state index contributed by atoms with van der Waals surface area (Å²) in [6.07, 6.45) is 0. The van der Waals surface area contributed by atoms with Crippen molar-refractivity contribution < 1.29 is 9.53 Å². The zero-order valence-corrected chi connectivity index (χ0v) is 13.8. The summed E-state index contributed by atoms with van der Waals surface area (Å²) in [6.45, 7) is 5.79. The molecule has 0 radical (unpaired) electrons. The maximum absolute atomic E-state index is 11.4. The van der Waals surface area contributed by atoms with E-state index in [0.717, 1.165) is 15.3 Å². The van der Waals surface area contributed by atoms with E-state index in [-0.39, 0.29) is 5.78 Å². The van der Waals surface area contributed by atoms with Gasteiger partial charge in [0.2, 0.25) is 0 Å². The molecule has 0 atom stereocenters. The molecule has 0 saturated heterocycles. The van der Waals surface area contributed by atoms with Gasteiger partial charge in [-0.15, -0.1) is 11.3 Å². The van der Waals surface area contributed by atoms with Crippen molar-refractivity contribution in [1.82, 2.24) is 0 Å². The van der Waals surface area contributed by atoms with E-state index < -0.39 is 5.60 Å². The van der Waals surface area contributed by atoms with Gasteiger partial charge < -0.3 is 10.5 Å². The van der Waals surface area contributed by atoms with Gasteiger partial charge in [0.25, 0.3) is 0 Å². The quantitative estimate of drug-likeness (QED) is 0.830. The number of halogens is 1. The summed E-state index contributed by atoms with van der Waals surface area (Å²) >= 11 is 7.74. The van der Waals surface area contributed by atoms with Crippen LogP contribution >= 0.6 is 22.9 Å². The lowest BCUT2D eigenvalue weighted by atomic mass is 10.1. The Bertz CT molecular complexity index is 664. The molecule has 0 spiro atoms. The van der Waals surface area contributed by atoms with Gasteiger partial charge in [-0.3, -0.25) is 4.79 Å². The molecule has 1 aromatic carbocycles. The van der Waals surface area contributed by atoms with Crippen LogP contribution < -0.4 is 10.5 Å². The highest BCUT2D eigenvalue weighted by Gasteiger charge is 2.19. The van der Waals surface area contributed by atoms with Crippen LogP contribution in [0.3, 0.4) is 0 Å². The summed E-state index contributed by atoms with van der Waals surface area (Å²) in [4.78, 5) is 13.1. The zero-order chi connectivity index (χ0) is 15.6. The lowest BCUT2D eigenvalue weighted by Gasteiger charge is -2.25. The average molecular weight is 324 g/mol. The second-order valence-corrected chi connectivity index (χ2v) is 6.92. The van der Waals surface area contributed by atoms with E-state index in [4.69, 9.17) is 22.1 Å². The van der Waals surface area contributed by atoms with Crippen LogP contribution in [0.4, 0.5) is 0 Å². The highest BCUT2D eigenvalue weighted by molar-refractivity contribution is 7.17. The molecule has 2 aromatic rings. The molecule has 2 N–H and O–H groups in total. The molecule has 0 aliphatic rings. The molecular weight excluding hydrogens is 306 g/mol. The van der Waals surface area contributed by atoms with Crippen molar-refractivity contribution in [3.05, 3.63) is 40.2 Å². The fourth-order valence-electron chi connectivity index (χ4n) is 1.76. The molecule has 112 valence electrons. The fraction of sp³-hybridized carbons (Fsp3) is 0.312. The van der Waals surface area contributed by atoms with Gasteiger partial charge in [-0.2, -0.15) is 0 Å². The van der Waals surface area contributed by atoms with Gasteiger partial charge in [-0.25, -0.2) is 0 Å². The Balaban J connectivity index is 2.28. The number of carbonyl (C=O) groups is 1. The van der Waals surface area contributed by atoms with E-state index >= 15 is 0 Å². The first-order chi connectivity index (χ1) is 9.82.